The van der Waals surface area contributed by atoms with E-state index >= 15 is 0 Å². The molecule has 8 heteroatoms. The van der Waals surface area contributed by atoms with E-state index in [1.54, 1.807) is 24.3 Å². The van der Waals surface area contributed by atoms with Crippen LogP contribution in [-0.2, 0) is 19.7 Å². The average molecular weight is 376 g/mol. The topological polar surface area (TPSA) is 104 Å². The molecule has 0 aliphatic heterocycles. The van der Waals surface area contributed by atoms with Crippen LogP contribution < -0.4 is 10.9 Å². The van der Waals surface area contributed by atoms with Crippen LogP contribution in [0.25, 0.3) is 0 Å². The first kappa shape index (κ1) is 19.6. The Balaban J connectivity index is 2.01. The molecule has 0 saturated carbocycles. The molecular formula is C18H22N3O4S+. The van der Waals surface area contributed by atoms with Crippen molar-refractivity contribution in [3.8, 4) is 0 Å². The average Bonchev–Trinajstić information content (AvgIpc) is 2.60. The van der Waals surface area contributed by atoms with Gasteiger partial charge in [0.05, 0.1) is 10.5 Å². The zero-order valence-corrected chi connectivity index (χ0v) is 15.7. The number of nitrogens with two attached hydrogens (primary N) is 1. The monoisotopic (exact) mass is 376 g/mol. The van der Waals surface area contributed by atoms with E-state index in [1.807, 2.05) is 26.0 Å². The van der Waals surface area contributed by atoms with Gasteiger partial charge in [0, 0.05) is 7.05 Å². The molecule has 3 N–H and O–H groups in total. The van der Waals surface area contributed by atoms with Crippen LogP contribution in [0.15, 0.2) is 53.4 Å². The van der Waals surface area contributed by atoms with Crippen LogP contribution in [0.2, 0.25) is 0 Å². The number of hydrogen-bond donors (Lipinski definition) is 2. The number of nitrogen functional groups attached to an aromatic ring is 1. The summed E-state index contributed by atoms with van der Waals surface area (Å²) in [5, 5.41) is 2.35. The van der Waals surface area contributed by atoms with Crippen molar-refractivity contribution in [1.82, 2.24) is 4.31 Å². The van der Waals surface area contributed by atoms with Gasteiger partial charge in [-0.2, -0.15) is 4.31 Å². The number of likely N-dealkylation sites (N-methyl/N-ethyl adjacent to an activating group) is 1. The third-order valence-electron chi connectivity index (χ3n) is 3.72. The Morgan fingerprint density at radius 3 is 2.08 bits per heavy atom. The number of amidine groups is 1. The molecule has 0 aliphatic rings. The lowest BCUT2D eigenvalue weighted by Gasteiger charge is -2.15. The lowest BCUT2D eigenvalue weighted by Crippen LogP contribution is -2.76. The van der Waals surface area contributed by atoms with Crippen molar-refractivity contribution in [3.63, 3.8) is 0 Å². The van der Waals surface area contributed by atoms with E-state index in [1.165, 1.54) is 19.2 Å². The highest BCUT2D eigenvalue weighted by Crippen LogP contribution is 2.14. The Kier molecular flexibility index (Phi) is 6.12. The quantitative estimate of drug-likeness (QED) is 0.316. The molecular weight excluding hydrogens is 354 g/mol. The minimum absolute atomic E-state index is 0.108. The SMILES string of the molecule is Cc1ccc(C(N)=[NH+]OC(=O)CN(C)S(=O)(=O)c2ccc(C)cc2)cc1. The van der Waals surface area contributed by atoms with Gasteiger partial charge in [-0.3, -0.25) is 10.6 Å². The summed E-state index contributed by atoms with van der Waals surface area (Å²) in [6.07, 6.45) is 0. The summed E-state index contributed by atoms with van der Waals surface area (Å²) >= 11 is 0. The van der Waals surface area contributed by atoms with Gasteiger partial charge in [0.2, 0.25) is 10.0 Å². The number of rotatable bonds is 6. The van der Waals surface area contributed by atoms with Gasteiger partial charge in [-0.25, -0.2) is 13.2 Å². The van der Waals surface area contributed by atoms with E-state index in [4.69, 9.17) is 10.6 Å². The lowest BCUT2D eigenvalue weighted by molar-refractivity contribution is -0.723. The summed E-state index contributed by atoms with van der Waals surface area (Å²) in [7, 11) is -2.47. The lowest BCUT2D eigenvalue weighted by atomic mass is 10.1. The number of benzene rings is 2. The normalized spacial score (nSPS) is 12.2. The Morgan fingerprint density at radius 1 is 1.04 bits per heavy atom. The van der Waals surface area contributed by atoms with Gasteiger partial charge in [0.1, 0.15) is 6.54 Å². The predicted octanol–water partition coefficient (Wildman–Crippen LogP) is -0.132. The summed E-state index contributed by atoms with van der Waals surface area (Å²) in [4.78, 5) is 16.9. The molecule has 0 spiro atoms. The highest BCUT2D eigenvalue weighted by atomic mass is 32.2. The third-order valence-corrected chi connectivity index (χ3v) is 5.54. The molecule has 0 saturated heterocycles. The number of carbonyl (C=O) groups is 1. The van der Waals surface area contributed by atoms with Gasteiger partial charge in [-0.05, 0) is 38.1 Å². The maximum absolute atomic E-state index is 12.4. The van der Waals surface area contributed by atoms with Gasteiger partial charge < -0.3 is 0 Å². The fraction of sp³-hybridized carbons (Fsp3) is 0.222. The van der Waals surface area contributed by atoms with Crippen LogP contribution in [0, 0.1) is 13.8 Å². The Labute approximate surface area is 153 Å². The third kappa shape index (κ3) is 4.90. The van der Waals surface area contributed by atoms with Crippen LogP contribution in [0.3, 0.4) is 0 Å². The van der Waals surface area contributed by atoms with E-state index in [0.29, 0.717) is 5.56 Å². The van der Waals surface area contributed by atoms with Crippen molar-refractivity contribution in [2.24, 2.45) is 5.73 Å². The molecule has 0 amide bonds. The maximum Gasteiger partial charge on any atom is 0.372 e. The van der Waals surface area contributed by atoms with Crippen molar-refractivity contribution in [2.75, 3.05) is 13.6 Å². The van der Waals surface area contributed by atoms with Crippen molar-refractivity contribution in [2.45, 2.75) is 18.7 Å². The first-order valence-corrected chi connectivity index (χ1v) is 9.32. The largest absolute Gasteiger partial charge is 0.372 e. The van der Waals surface area contributed by atoms with E-state index in [-0.39, 0.29) is 10.7 Å². The molecule has 2 rings (SSSR count). The predicted molar refractivity (Wildman–Crippen MR) is 97.5 cm³/mol. The van der Waals surface area contributed by atoms with E-state index in [2.05, 4.69) is 5.16 Å². The molecule has 7 nitrogen and oxygen atoms in total. The smallest absolute Gasteiger partial charge is 0.284 e. The second-order valence-corrected chi connectivity index (χ2v) is 7.97. The second kappa shape index (κ2) is 8.11. The molecule has 0 aromatic heterocycles. The van der Waals surface area contributed by atoms with Crippen molar-refractivity contribution < 1.29 is 23.2 Å². The highest BCUT2D eigenvalue weighted by molar-refractivity contribution is 7.89. The van der Waals surface area contributed by atoms with Gasteiger partial charge in [0.15, 0.2) is 0 Å². The summed E-state index contributed by atoms with van der Waals surface area (Å²) < 4.78 is 25.8. The summed E-state index contributed by atoms with van der Waals surface area (Å²) in [6.45, 7) is 3.35. The van der Waals surface area contributed by atoms with Crippen LogP contribution in [0.4, 0.5) is 0 Å². The van der Waals surface area contributed by atoms with E-state index in [0.717, 1.165) is 15.4 Å². The fourth-order valence-corrected chi connectivity index (χ4v) is 3.21. The molecule has 2 aromatic rings. The Hall–Kier alpha value is -2.71. The standard InChI is InChI=1S/C18H21N3O4S/c1-13-4-8-15(9-5-13)18(19)20-25-17(22)12-21(3)26(23,24)16-10-6-14(2)7-11-16/h4-11H,12H2,1-3H3,(H2,19,20)/p+1. The summed E-state index contributed by atoms with van der Waals surface area (Å²) in [6, 6.07) is 13.7. The summed E-state index contributed by atoms with van der Waals surface area (Å²) in [5.41, 5.74) is 8.48. The van der Waals surface area contributed by atoms with Crippen molar-refractivity contribution in [1.29, 1.82) is 0 Å². The molecule has 26 heavy (non-hydrogen) atoms. The van der Waals surface area contributed by atoms with Gasteiger partial charge in [0.25, 0.3) is 0 Å². The van der Waals surface area contributed by atoms with E-state index in [9.17, 15) is 13.2 Å². The Bertz CT molecular complexity index is 904. The second-order valence-electron chi connectivity index (χ2n) is 5.93. The number of nitrogens with zero attached hydrogens (tertiary/aromatic N) is 1. The number of nitrogens with one attached hydrogen (secondary N) is 1. The molecule has 0 atom stereocenters. The van der Waals surface area contributed by atoms with Crippen LogP contribution in [0.5, 0.6) is 0 Å². The molecule has 0 heterocycles. The maximum atomic E-state index is 12.4. The minimum Gasteiger partial charge on any atom is -0.284 e. The molecule has 0 bridgehead atoms. The molecule has 0 radical (unpaired) electrons. The number of carbonyl (C=O) groups excluding carboxylic acids is 1. The number of sulfonamides is 1. The first-order chi connectivity index (χ1) is 12.2. The molecule has 138 valence electrons. The molecule has 0 unspecified atom stereocenters. The fourth-order valence-electron chi connectivity index (χ4n) is 2.09. The first-order valence-electron chi connectivity index (χ1n) is 7.88. The van der Waals surface area contributed by atoms with Crippen LogP contribution >= 0.6 is 0 Å². The minimum atomic E-state index is -3.78. The highest BCUT2D eigenvalue weighted by Gasteiger charge is 2.24. The zero-order valence-electron chi connectivity index (χ0n) is 14.9. The van der Waals surface area contributed by atoms with Gasteiger partial charge >= 0.3 is 11.8 Å². The van der Waals surface area contributed by atoms with Crippen molar-refractivity contribution >= 4 is 21.8 Å². The number of aryl methyl sites for hydroxylation is 2. The summed E-state index contributed by atoms with van der Waals surface area (Å²) in [5.74, 6) is -0.624. The van der Waals surface area contributed by atoms with E-state index < -0.39 is 22.5 Å². The number of hydrogen-bond acceptors (Lipinski definition) is 4. The van der Waals surface area contributed by atoms with Gasteiger partial charge in [-0.1, -0.05) is 40.5 Å². The Morgan fingerprint density at radius 2 is 1.54 bits per heavy atom. The van der Waals surface area contributed by atoms with Crippen LogP contribution in [-0.4, -0.2) is 38.1 Å². The molecule has 0 aliphatic carbocycles. The van der Waals surface area contributed by atoms with Gasteiger partial charge in [-0.15, -0.1) is 0 Å². The zero-order chi connectivity index (χ0) is 19.3. The molecule has 2 aromatic carbocycles. The van der Waals surface area contributed by atoms with Crippen molar-refractivity contribution in [3.05, 3.63) is 65.2 Å². The molecule has 0 fully saturated rings. The van der Waals surface area contributed by atoms with Crippen LogP contribution in [0.1, 0.15) is 16.7 Å².